The second-order valence-corrected chi connectivity index (χ2v) is 8.33. The molecule has 2 heterocycles. The standard InChI is InChI=1S/C22H14BrClN4O6/c23-11-5-6-12-10(7-11)8-25-17(18(12)31)22(34)28(9-15(29)30)27-21(33)16-19(32)13-3-1-2-4-14(13)20(24)26-16/h1-8,31-32H,9H2,(H,27,33)(H,29,30). The minimum Gasteiger partial charge on any atom is -0.505 e. The summed E-state index contributed by atoms with van der Waals surface area (Å²) in [6.45, 7) is -0.966. The van der Waals surface area contributed by atoms with E-state index in [1.165, 1.54) is 12.3 Å². The summed E-state index contributed by atoms with van der Waals surface area (Å²) in [5, 5.41) is 32.2. The lowest BCUT2D eigenvalue weighted by Gasteiger charge is -2.22. The number of aliphatic carboxylic acids is 1. The fourth-order valence-electron chi connectivity index (χ4n) is 3.30. The number of rotatable bonds is 4. The van der Waals surface area contributed by atoms with Gasteiger partial charge >= 0.3 is 5.97 Å². The van der Waals surface area contributed by atoms with Crippen LogP contribution in [-0.4, -0.2) is 54.6 Å². The van der Waals surface area contributed by atoms with Crippen LogP contribution in [0.1, 0.15) is 21.0 Å². The number of hydrogen-bond donors (Lipinski definition) is 4. The van der Waals surface area contributed by atoms with Crippen molar-refractivity contribution in [3.05, 3.63) is 69.7 Å². The predicted molar refractivity (Wildman–Crippen MR) is 126 cm³/mol. The summed E-state index contributed by atoms with van der Waals surface area (Å²) in [6, 6.07) is 11.3. The molecule has 0 atom stereocenters. The molecule has 2 aromatic heterocycles. The highest BCUT2D eigenvalue weighted by molar-refractivity contribution is 9.10. The summed E-state index contributed by atoms with van der Waals surface area (Å²) in [7, 11) is 0. The Morgan fingerprint density at radius 1 is 1.00 bits per heavy atom. The average molecular weight is 546 g/mol. The molecule has 4 N–H and O–H groups in total. The molecule has 0 aliphatic heterocycles. The van der Waals surface area contributed by atoms with Crippen LogP contribution in [0.3, 0.4) is 0 Å². The maximum absolute atomic E-state index is 13.0. The van der Waals surface area contributed by atoms with Crippen LogP contribution in [0.25, 0.3) is 21.5 Å². The van der Waals surface area contributed by atoms with Crippen molar-refractivity contribution >= 4 is 66.9 Å². The largest absolute Gasteiger partial charge is 0.505 e. The van der Waals surface area contributed by atoms with E-state index in [9.17, 15) is 29.7 Å². The van der Waals surface area contributed by atoms with Gasteiger partial charge in [-0.05, 0) is 18.2 Å². The third-order valence-electron chi connectivity index (χ3n) is 4.86. The molecule has 0 saturated heterocycles. The number of fused-ring (bicyclic) bond motifs is 2. The Hall–Kier alpha value is -3.96. The topological polar surface area (TPSA) is 153 Å². The Balaban J connectivity index is 1.71. The molecule has 2 amide bonds. The minimum atomic E-state index is -1.45. The van der Waals surface area contributed by atoms with Crippen LogP contribution in [0.2, 0.25) is 5.15 Å². The van der Waals surface area contributed by atoms with E-state index in [-0.39, 0.29) is 10.5 Å². The number of pyridine rings is 2. The van der Waals surface area contributed by atoms with E-state index in [2.05, 4.69) is 31.3 Å². The lowest BCUT2D eigenvalue weighted by atomic mass is 10.1. The summed E-state index contributed by atoms with van der Waals surface area (Å²) in [4.78, 5) is 45.1. The number of halogens is 2. The van der Waals surface area contributed by atoms with E-state index < -0.39 is 47.2 Å². The molecule has 0 unspecified atom stereocenters. The third-order valence-corrected chi connectivity index (χ3v) is 5.64. The number of nitrogens with one attached hydrogen (secondary N) is 1. The van der Waals surface area contributed by atoms with Crippen molar-refractivity contribution < 1.29 is 29.7 Å². The molecule has 0 radical (unpaired) electrons. The Morgan fingerprint density at radius 2 is 1.68 bits per heavy atom. The first-order chi connectivity index (χ1) is 16.2. The molecule has 4 rings (SSSR count). The number of carbonyl (C=O) groups excluding carboxylic acids is 2. The number of carboxylic acid groups (broad SMARTS) is 1. The number of carboxylic acids is 1. The van der Waals surface area contributed by atoms with Crippen molar-refractivity contribution in [3.8, 4) is 11.5 Å². The number of hydrazine groups is 1. The quantitative estimate of drug-likeness (QED) is 0.225. The van der Waals surface area contributed by atoms with E-state index in [1.807, 2.05) is 0 Å². The summed E-state index contributed by atoms with van der Waals surface area (Å²) in [6.07, 6.45) is 1.32. The van der Waals surface area contributed by atoms with E-state index in [0.29, 0.717) is 21.2 Å². The zero-order chi connectivity index (χ0) is 24.6. The molecular weight excluding hydrogens is 532 g/mol. The lowest BCUT2D eigenvalue weighted by Crippen LogP contribution is -2.49. The maximum Gasteiger partial charge on any atom is 0.325 e. The average Bonchev–Trinajstić information content (AvgIpc) is 2.80. The molecule has 4 aromatic rings. The first-order valence-corrected chi connectivity index (χ1v) is 10.7. The van der Waals surface area contributed by atoms with Crippen LogP contribution in [0.15, 0.2) is 53.1 Å². The molecule has 34 heavy (non-hydrogen) atoms. The Morgan fingerprint density at radius 3 is 2.38 bits per heavy atom. The number of nitrogens with zero attached hydrogens (tertiary/aromatic N) is 3. The number of benzene rings is 2. The fourth-order valence-corrected chi connectivity index (χ4v) is 3.93. The van der Waals surface area contributed by atoms with Crippen LogP contribution in [0.5, 0.6) is 11.5 Å². The predicted octanol–water partition coefficient (Wildman–Crippen LogP) is 3.48. The van der Waals surface area contributed by atoms with Gasteiger partial charge in [-0.3, -0.25) is 19.8 Å². The highest BCUT2D eigenvalue weighted by atomic mass is 79.9. The van der Waals surface area contributed by atoms with Gasteiger partial charge in [0.25, 0.3) is 11.8 Å². The van der Waals surface area contributed by atoms with Gasteiger partial charge in [-0.25, -0.2) is 15.0 Å². The fraction of sp³-hybridized carbons (Fsp3) is 0.0455. The SMILES string of the molecule is O=C(O)CN(NC(=O)c1nc(Cl)c2ccccc2c1O)C(=O)c1ncc2cc(Br)ccc2c1O. The van der Waals surface area contributed by atoms with Gasteiger partial charge in [0.1, 0.15) is 11.7 Å². The second kappa shape index (κ2) is 9.12. The van der Waals surface area contributed by atoms with Gasteiger partial charge in [0.15, 0.2) is 22.9 Å². The molecule has 0 spiro atoms. The van der Waals surface area contributed by atoms with Crippen molar-refractivity contribution in [3.63, 3.8) is 0 Å². The zero-order valence-electron chi connectivity index (χ0n) is 17.0. The number of hydrogen-bond acceptors (Lipinski definition) is 7. The smallest absolute Gasteiger partial charge is 0.325 e. The lowest BCUT2D eigenvalue weighted by molar-refractivity contribution is -0.138. The normalized spacial score (nSPS) is 10.9. The van der Waals surface area contributed by atoms with E-state index >= 15 is 0 Å². The van der Waals surface area contributed by atoms with Crippen LogP contribution in [-0.2, 0) is 4.79 Å². The summed E-state index contributed by atoms with van der Waals surface area (Å²) >= 11 is 9.42. The highest BCUT2D eigenvalue weighted by Gasteiger charge is 2.28. The van der Waals surface area contributed by atoms with Crippen molar-refractivity contribution in [2.45, 2.75) is 0 Å². The van der Waals surface area contributed by atoms with Crippen LogP contribution in [0.4, 0.5) is 0 Å². The molecule has 0 bridgehead atoms. The van der Waals surface area contributed by atoms with E-state index in [1.54, 1.807) is 36.4 Å². The third kappa shape index (κ3) is 4.30. The molecular formula is C22H14BrClN4O6. The second-order valence-electron chi connectivity index (χ2n) is 7.06. The van der Waals surface area contributed by atoms with Gasteiger partial charge in [0, 0.05) is 32.2 Å². The highest BCUT2D eigenvalue weighted by Crippen LogP contribution is 2.32. The summed E-state index contributed by atoms with van der Waals surface area (Å²) in [5.41, 5.74) is 1.10. The molecule has 172 valence electrons. The molecule has 0 fully saturated rings. The first-order valence-electron chi connectivity index (χ1n) is 9.56. The molecule has 0 aliphatic carbocycles. The molecule has 10 nitrogen and oxygen atoms in total. The summed E-state index contributed by atoms with van der Waals surface area (Å²) < 4.78 is 0.724. The Kier molecular flexibility index (Phi) is 6.22. The van der Waals surface area contributed by atoms with Gasteiger partial charge < -0.3 is 15.3 Å². The van der Waals surface area contributed by atoms with Crippen LogP contribution >= 0.6 is 27.5 Å². The number of aromatic nitrogens is 2. The van der Waals surface area contributed by atoms with Crippen molar-refractivity contribution in [1.29, 1.82) is 0 Å². The number of carbonyl (C=O) groups is 3. The zero-order valence-corrected chi connectivity index (χ0v) is 19.3. The monoisotopic (exact) mass is 544 g/mol. The molecule has 0 saturated carbocycles. The number of aromatic hydroxyl groups is 2. The van der Waals surface area contributed by atoms with Gasteiger partial charge in [-0.2, -0.15) is 0 Å². The van der Waals surface area contributed by atoms with Crippen molar-refractivity contribution in [1.82, 2.24) is 20.4 Å². The van der Waals surface area contributed by atoms with Gasteiger partial charge in [0.05, 0.1) is 0 Å². The molecule has 0 aliphatic rings. The van der Waals surface area contributed by atoms with Gasteiger partial charge in [0.2, 0.25) is 0 Å². The Bertz CT molecular complexity index is 1500. The minimum absolute atomic E-state index is 0.0744. The van der Waals surface area contributed by atoms with Crippen molar-refractivity contribution in [2.24, 2.45) is 0 Å². The van der Waals surface area contributed by atoms with Crippen LogP contribution in [0, 0.1) is 0 Å². The van der Waals surface area contributed by atoms with Crippen LogP contribution < -0.4 is 5.43 Å². The van der Waals surface area contributed by atoms with Crippen molar-refractivity contribution in [2.75, 3.05) is 6.54 Å². The first kappa shape index (κ1) is 23.2. The van der Waals surface area contributed by atoms with Gasteiger partial charge in [-0.1, -0.05) is 51.8 Å². The van der Waals surface area contributed by atoms with E-state index in [0.717, 1.165) is 4.47 Å². The Labute approximate surface area is 204 Å². The number of amides is 2. The molecule has 2 aromatic carbocycles. The maximum atomic E-state index is 13.0. The van der Waals surface area contributed by atoms with Gasteiger partial charge in [-0.15, -0.1) is 0 Å². The summed E-state index contributed by atoms with van der Waals surface area (Å²) in [5.74, 6) is -4.63. The molecule has 12 heteroatoms. The van der Waals surface area contributed by atoms with E-state index in [4.69, 9.17) is 11.6 Å².